The number of rotatable bonds is 3. The van der Waals surface area contributed by atoms with Crippen molar-refractivity contribution >= 4 is 5.91 Å². The third kappa shape index (κ3) is 3.15. The lowest BCUT2D eigenvalue weighted by Gasteiger charge is -2.30. The van der Waals surface area contributed by atoms with E-state index in [1.165, 1.54) is 24.2 Å². The molecular formula is C17H26N4O2. The van der Waals surface area contributed by atoms with Crippen molar-refractivity contribution in [2.24, 2.45) is 0 Å². The number of amides is 1. The van der Waals surface area contributed by atoms with Gasteiger partial charge in [-0.05, 0) is 45.1 Å². The number of likely N-dealkylation sites (tertiary alicyclic amines) is 1. The summed E-state index contributed by atoms with van der Waals surface area (Å²) in [6, 6.07) is 0.283. The summed E-state index contributed by atoms with van der Waals surface area (Å²) in [7, 11) is 0. The van der Waals surface area contributed by atoms with E-state index in [9.17, 15) is 4.79 Å². The largest absolute Gasteiger partial charge is 0.378 e. The monoisotopic (exact) mass is 318 g/mol. The van der Waals surface area contributed by atoms with E-state index in [2.05, 4.69) is 9.88 Å². The molecule has 1 aromatic rings. The Balaban J connectivity index is 1.44. The number of nitrogens with one attached hydrogen (secondary N) is 1. The predicted octanol–water partition coefficient (Wildman–Crippen LogP) is 1.28. The normalized spacial score (nSPS) is 25.6. The van der Waals surface area contributed by atoms with E-state index in [-0.39, 0.29) is 11.9 Å². The van der Waals surface area contributed by atoms with E-state index < -0.39 is 0 Å². The Hall–Kier alpha value is -1.40. The summed E-state index contributed by atoms with van der Waals surface area (Å²) in [5.41, 5.74) is 2.59. The molecule has 3 aliphatic rings. The second kappa shape index (κ2) is 6.61. The first-order valence-electron chi connectivity index (χ1n) is 8.98. The molecule has 6 nitrogen and oxygen atoms in total. The van der Waals surface area contributed by atoms with Crippen LogP contribution < -0.4 is 0 Å². The molecule has 0 saturated carbocycles. The number of imidazole rings is 1. The molecular weight excluding hydrogens is 292 g/mol. The van der Waals surface area contributed by atoms with Gasteiger partial charge in [-0.3, -0.25) is 9.69 Å². The fourth-order valence-corrected chi connectivity index (χ4v) is 4.04. The number of aromatic nitrogens is 2. The minimum atomic E-state index is 0.233. The van der Waals surface area contributed by atoms with E-state index >= 15 is 0 Å². The number of fused-ring (bicyclic) bond motifs is 1. The molecule has 1 N–H and O–H groups in total. The SMILES string of the molecule is O=C(CN1CCCC1c1nc2c([nH]1)CCCC2)N1CCOCC1. The van der Waals surface area contributed by atoms with Gasteiger partial charge in [-0.1, -0.05) is 0 Å². The number of aromatic amines is 1. The molecule has 6 heteroatoms. The van der Waals surface area contributed by atoms with Gasteiger partial charge < -0.3 is 14.6 Å². The summed E-state index contributed by atoms with van der Waals surface area (Å²) in [6.45, 7) is 4.29. The van der Waals surface area contributed by atoms with Crippen LogP contribution in [0.2, 0.25) is 0 Å². The Kier molecular flexibility index (Phi) is 4.35. The molecule has 0 bridgehead atoms. The molecule has 0 radical (unpaired) electrons. The predicted molar refractivity (Wildman–Crippen MR) is 86.2 cm³/mol. The van der Waals surface area contributed by atoms with Crippen LogP contribution in [0, 0.1) is 0 Å². The molecule has 1 atom stereocenters. The third-order valence-corrected chi connectivity index (χ3v) is 5.35. The summed E-state index contributed by atoms with van der Waals surface area (Å²) in [4.78, 5) is 25.2. The minimum absolute atomic E-state index is 0.233. The van der Waals surface area contributed by atoms with Crippen LogP contribution in [0.25, 0.3) is 0 Å². The molecule has 23 heavy (non-hydrogen) atoms. The van der Waals surface area contributed by atoms with Crippen molar-refractivity contribution in [1.82, 2.24) is 19.8 Å². The topological polar surface area (TPSA) is 61.5 Å². The molecule has 3 heterocycles. The van der Waals surface area contributed by atoms with Crippen molar-refractivity contribution in [1.29, 1.82) is 0 Å². The van der Waals surface area contributed by atoms with Gasteiger partial charge >= 0.3 is 0 Å². The van der Waals surface area contributed by atoms with Crippen molar-refractivity contribution in [3.8, 4) is 0 Å². The van der Waals surface area contributed by atoms with Crippen LogP contribution in [-0.4, -0.2) is 65.1 Å². The molecule has 1 aromatic heterocycles. The standard InChI is InChI=1S/C17H26N4O2/c22-16(20-8-10-23-11-9-20)12-21-7-3-6-15(21)17-18-13-4-1-2-5-14(13)19-17/h15H,1-12H2,(H,18,19). The maximum atomic E-state index is 12.5. The highest BCUT2D eigenvalue weighted by molar-refractivity contribution is 5.78. The molecule has 4 rings (SSSR count). The molecule has 2 aliphatic heterocycles. The van der Waals surface area contributed by atoms with Gasteiger partial charge in [0.2, 0.25) is 5.91 Å². The van der Waals surface area contributed by atoms with Crippen LogP contribution in [0.4, 0.5) is 0 Å². The van der Waals surface area contributed by atoms with Crippen molar-refractivity contribution in [3.63, 3.8) is 0 Å². The van der Waals surface area contributed by atoms with E-state index in [0.717, 1.165) is 51.1 Å². The van der Waals surface area contributed by atoms with E-state index in [0.29, 0.717) is 19.8 Å². The quantitative estimate of drug-likeness (QED) is 0.912. The number of hydrogen-bond donors (Lipinski definition) is 1. The second-order valence-electron chi connectivity index (χ2n) is 6.88. The molecule has 1 aliphatic carbocycles. The molecule has 2 saturated heterocycles. The average molecular weight is 318 g/mol. The summed E-state index contributed by atoms with van der Waals surface area (Å²) in [6.07, 6.45) is 6.99. The van der Waals surface area contributed by atoms with Crippen molar-refractivity contribution in [2.75, 3.05) is 39.4 Å². The zero-order valence-electron chi connectivity index (χ0n) is 13.7. The van der Waals surface area contributed by atoms with Gasteiger partial charge in [0, 0.05) is 18.8 Å². The first kappa shape index (κ1) is 15.1. The fraction of sp³-hybridized carbons (Fsp3) is 0.765. The smallest absolute Gasteiger partial charge is 0.236 e. The van der Waals surface area contributed by atoms with E-state index in [4.69, 9.17) is 9.72 Å². The number of morpholine rings is 1. The molecule has 126 valence electrons. The number of carbonyl (C=O) groups is 1. The summed E-state index contributed by atoms with van der Waals surface area (Å²) in [5.74, 6) is 1.32. The summed E-state index contributed by atoms with van der Waals surface area (Å²) >= 11 is 0. The van der Waals surface area contributed by atoms with Gasteiger partial charge in [-0.25, -0.2) is 4.98 Å². The number of hydrogen-bond acceptors (Lipinski definition) is 4. The van der Waals surface area contributed by atoms with Gasteiger partial charge in [-0.2, -0.15) is 0 Å². The highest BCUT2D eigenvalue weighted by atomic mass is 16.5. The van der Waals surface area contributed by atoms with Gasteiger partial charge in [-0.15, -0.1) is 0 Å². The van der Waals surface area contributed by atoms with Crippen molar-refractivity contribution in [2.45, 2.75) is 44.6 Å². The third-order valence-electron chi connectivity index (χ3n) is 5.35. The van der Waals surface area contributed by atoms with Crippen LogP contribution in [0.3, 0.4) is 0 Å². The summed E-state index contributed by atoms with van der Waals surface area (Å²) < 4.78 is 5.33. The molecule has 0 spiro atoms. The Labute approximate surface area is 137 Å². The lowest BCUT2D eigenvalue weighted by molar-refractivity contribution is -0.136. The lowest BCUT2D eigenvalue weighted by Crippen LogP contribution is -2.45. The molecule has 0 aromatic carbocycles. The number of carbonyl (C=O) groups excluding carboxylic acids is 1. The molecule has 2 fully saturated rings. The zero-order valence-corrected chi connectivity index (χ0v) is 13.7. The Morgan fingerprint density at radius 2 is 2.00 bits per heavy atom. The Morgan fingerprint density at radius 3 is 2.83 bits per heavy atom. The second-order valence-corrected chi connectivity index (χ2v) is 6.88. The van der Waals surface area contributed by atoms with Crippen molar-refractivity contribution < 1.29 is 9.53 Å². The van der Waals surface area contributed by atoms with Crippen LogP contribution in [0.15, 0.2) is 0 Å². The number of ether oxygens (including phenoxy) is 1. The fourth-order valence-electron chi connectivity index (χ4n) is 4.04. The van der Waals surface area contributed by atoms with E-state index in [1.807, 2.05) is 4.90 Å². The highest BCUT2D eigenvalue weighted by Crippen LogP contribution is 2.32. The lowest BCUT2D eigenvalue weighted by atomic mass is 10.0. The Morgan fingerprint density at radius 1 is 1.17 bits per heavy atom. The Bertz CT molecular complexity index is 541. The number of aryl methyl sites for hydroxylation is 2. The van der Waals surface area contributed by atoms with Gasteiger partial charge in [0.15, 0.2) is 0 Å². The molecule has 1 unspecified atom stereocenters. The van der Waals surface area contributed by atoms with Gasteiger partial charge in [0.05, 0.1) is 31.5 Å². The number of H-pyrrole nitrogens is 1. The highest BCUT2D eigenvalue weighted by Gasteiger charge is 2.32. The van der Waals surface area contributed by atoms with Gasteiger partial charge in [0.1, 0.15) is 5.82 Å². The zero-order chi connectivity index (χ0) is 15.6. The number of nitrogens with zero attached hydrogens (tertiary/aromatic N) is 3. The van der Waals surface area contributed by atoms with Crippen LogP contribution in [0.5, 0.6) is 0 Å². The maximum absolute atomic E-state index is 12.5. The van der Waals surface area contributed by atoms with Gasteiger partial charge in [0.25, 0.3) is 0 Å². The van der Waals surface area contributed by atoms with Crippen LogP contribution in [0.1, 0.15) is 48.9 Å². The van der Waals surface area contributed by atoms with Crippen LogP contribution in [-0.2, 0) is 22.4 Å². The van der Waals surface area contributed by atoms with Crippen molar-refractivity contribution in [3.05, 3.63) is 17.2 Å². The first-order chi connectivity index (χ1) is 11.3. The summed E-state index contributed by atoms with van der Waals surface area (Å²) in [5, 5.41) is 0. The van der Waals surface area contributed by atoms with E-state index in [1.54, 1.807) is 0 Å². The average Bonchev–Trinajstić information content (AvgIpc) is 3.21. The minimum Gasteiger partial charge on any atom is -0.378 e. The maximum Gasteiger partial charge on any atom is 0.236 e. The molecule has 1 amide bonds. The van der Waals surface area contributed by atoms with Crippen LogP contribution >= 0.6 is 0 Å². The first-order valence-corrected chi connectivity index (χ1v) is 8.98.